The van der Waals surface area contributed by atoms with Crippen molar-refractivity contribution < 1.29 is 0 Å². The zero-order chi connectivity index (χ0) is 28.7. The second kappa shape index (κ2) is 12.0. The van der Waals surface area contributed by atoms with E-state index in [0.717, 1.165) is 0 Å². The predicted molar refractivity (Wildman–Crippen MR) is 185 cm³/mol. The lowest BCUT2D eigenvalue weighted by molar-refractivity contribution is 0.139. The van der Waals surface area contributed by atoms with Crippen molar-refractivity contribution in [2.75, 3.05) is 13.1 Å². The van der Waals surface area contributed by atoms with Gasteiger partial charge in [0.2, 0.25) is 0 Å². The Balaban J connectivity index is 2.31. The molecule has 0 saturated carbocycles. The highest BCUT2D eigenvalue weighted by atomic mass is 31.1. The van der Waals surface area contributed by atoms with Crippen LogP contribution in [0.15, 0.2) is 12.1 Å². The smallest absolute Gasteiger partial charge is 0.0774 e. The summed E-state index contributed by atoms with van der Waals surface area (Å²) in [5.41, 5.74) is 3.56. The van der Waals surface area contributed by atoms with Gasteiger partial charge in [-0.05, 0) is 66.9 Å². The van der Waals surface area contributed by atoms with Crippen LogP contribution in [0.5, 0.6) is 0 Å². The number of rotatable bonds is 7. The molecule has 0 amide bonds. The van der Waals surface area contributed by atoms with E-state index in [-0.39, 0.29) is 23.9 Å². The van der Waals surface area contributed by atoms with Crippen molar-refractivity contribution in [3.8, 4) is 0 Å². The van der Waals surface area contributed by atoms with Gasteiger partial charge in [0.25, 0.3) is 0 Å². The van der Waals surface area contributed by atoms with Crippen LogP contribution in [0.4, 0.5) is 0 Å². The van der Waals surface area contributed by atoms with Gasteiger partial charge in [0, 0.05) is 16.7 Å². The van der Waals surface area contributed by atoms with Gasteiger partial charge in [0.05, 0.1) is 16.1 Å². The lowest BCUT2D eigenvalue weighted by atomic mass is 9.62. The van der Waals surface area contributed by atoms with Gasteiger partial charge in [0.1, 0.15) is 0 Å². The molecule has 0 aliphatic carbocycles. The Labute approximate surface area is 243 Å². The average Bonchev–Trinajstić information content (AvgIpc) is 2.80. The van der Waals surface area contributed by atoms with E-state index in [4.69, 9.17) is 0 Å². The Morgan fingerprint density at radius 1 is 0.737 bits per heavy atom. The van der Waals surface area contributed by atoms with Crippen molar-refractivity contribution in [2.45, 2.75) is 142 Å². The molecule has 2 heterocycles. The minimum Gasteiger partial charge on any atom is -0.310 e. The third-order valence-electron chi connectivity index (χ3n) is 9.37. The number of hydrogen-bond donors (Lipinski definition) is 2. The van der Waals surface area contributed by atoms with Crippen LogP contribution in [0.1, 0.15) is 91.2 Å². The molecule has 6 heteroatoms. The molecule has 1 aromatic rings. The van der Waals surface area contributed by atoms with Crippen LogP contribution in [0.2, 0.25) is 39.3 Å². The molecule has 0 bridgehead atoms. The fraction of sp³-hybridized carbons (Fsp3) is 0.812. The maximum absolute atomic E-state index is 4.04. The molecule has 2 aliphatic heterocycles. The molecule has 38 heavy (non-hydrogen) atoms. The summed E-state index contributed by atoms with van der Waals surface area (Å²) in [6, 6.07) is 5.56. The highest BCUT2D eigenvalue weighted by Gasteiger charge is 2.50. The third kappa shape index (κ3) is 7.07. The lowest BCUT2D eigenvalue weighted by Crippen LogP contribution is -2.58. The molecule has 0 spiro atoms. The van der Waals surface area contributed by atoms with Gasteiger partial charge in [-0.1, -0.05) is 124 Å². The van der Waals surface area contributed by atoms with E-state index >= 15 is 0 Å². The monoisotopic (exact) mass is 592 g/mol. The zero-order valence-electron chi connectivity index (χ0n) is 27.2. The molecule has 1 aromatic carbocycles. The summed E-state index contributed by atoms with van der Waals surface area (Å²) in [5.74, 6) is 1.38. The van der Waals surface area contributed by atoms with Gasteiger partial charge >= 0.3 is 0 Å². The van der Waals surface area contributed by atoms with Crippen molar-refractivity contribution in [3.05, 3.63) is 23.3 Å². The molecule has 3 atom stereocenters. The quantitative estimate of drug-likeness (QED) is 0.247. The summed E-state index contributed by atoms with van der Waals surface area (Å²) in [5, 5.41) is 11.5. The summed E-state index contributed by atoms with van der Waals surface area (Å²) >= 11 is 0. The zero-order valence-corrected chi connectivity index (χ0v) is 31.2. The molecule has 2 fully saturated rings. The van der Waals surface area contributed by atoms with Gasteiger partial charge in [-0.25, -0.2) is 0 Å². The van der Waals surface area contributed by atoms with Crippen LogP contribution in [-0.2, 0) is 11.3 Å². The molecule has 2 aliphatic rings. The average molecular weight is 593 g/mol. The Morgan fingerprint density at radius 2 is 1.16 bits per heavy atom. The summed E-state index contributed by atoms with van der Waals surface area (Å²) in [4.78, 5) is 0. The van der Waals surface area contributed by atoms with Gasteiger partial charge in [-0.3, -0.25) is 0 Å². The first-order chi connectivity index (χ1) is 17.3. The van der Waals surface area contributed by atoms with E-state index in [1.54, 1.807) is 21.5 Å². The molecule has 2 N–H and O–H groups in total. The molecular formula is C32H62N2P2Si2. The molecule has 2 nitrogen and oxygen atoms in total. The third-order valence-corrected chi connectivity index (χ3v) is 18.9. The Kier molecular flexibility index (Phi) is 10.4. The minimum absolute atomic E-state index is 0.0112. The van der Waals surface area contributed by atoms with Crippen molar-refractivity contribution in [3.63, 3.8) is 0 Å². The molecule has 0 radical (unpaired) electrons. The second-order valence-corrected chi connectivity index (χ2v) is 30.0. The van der Waals surface area contributed by atoms with Gasteiger partial charge in [-0.15, -0.1) is 9.24 Å². The van der Waals surface area contributed by atoms with Crippen molar-refractivity contribution in [1.82, 2.24) is 10.6 Å². The van der Waals surface area contributed by atoms with Crippen LogP contribution in [-0.4, -0.2) is 40.8 Å². The van der Waals surface area contributed by atoms with Gasteiger partial charge in [0.15, 0.2) is 0 Å². The fourth-order valence-electron chi connectivity index (χ4n) is 7.18. The second-order valence-electron chi connectivity index (χ2n) is 16.5. The Bertz CT molecular complexity index is 906. The van der Waals surface area contributed by atoms with Crippen LogP contribution in [0, 0.1) is 10.8 Å². The first-order valence-electron chi connectivity index (χ1n) is 15.5. The maximum Gasteiger partial charge on any atom is 0.0774 e. The SMILES string of the molecule is CC(C)(C)C(P)(c1cc([Si](C)(C)C)c([Si](C)(C)C)cc1CP(C1CCCCN1)C1CCCCN1)C(C)(C)C. The normalized spacial score (nSPS) is 23.4. The standard InChI is InChI=1S/C32H62N2P2Si2/c1-30(2,3)32(35,31(4,5)6)25-22-27(38(10,11)12)26(37(7,8)9)21-24(25)23-36(28-17-13-15-19-33-28)29-18-14-16-20-34-29/h21-22,28-29,33-34H,13-20,23,35H2,1-12H3. The van der Waals surface area contributed by atoms with Gasteiger partial charge < -0.3 is 10.6 Å². The van der Waals surface area contributed by atoms with Crippen LogP contribution >= 0.6 is 17.2 Å². The van der Waals surface area contributed by atoms with Crippen LogP contribution in [0.25, 0.3) is 0 Å². The van der Waals surface area contributed by atoms with E-state index in [9.17, 15) is 0 Å². The minimum atomic E-state index is -1.54. The van der Waals surface area contributed by atoms with E-state index < -0.39 is 16.1 Å². The summed E-state index contributed by atoms with van der Waals surface area (Å²) in [7, 11) is 0.212. The maximum atomic E-state index is 4.04. The molecule has 0 aromatic heterocycles. The lowest BCUT2D eigenvalue weighted by Gasteiger charge is -2.53. The number of piperidine rings is 2. The molecule has 3 rings (SSSR count). The highest BCUT2D eigenvalue weighted by molar-refractivity contribution is 7.58. The van der Waals surface area contributed by atoms with Crippen molar-refractivity contribution in [2.24, 2.45) is 10.8 Å². The molecule has 218 valence electrons. The van der Waals surface area contributed by atoms with E-state index in [1.807, 2.05) is 0 Å². The van der Waals surface area contributed by atoms with E-state index in [1.165, 1.54) is 57.8 Å². The summed E-state index contributed by atoms with van der Waals surface area (Å²) < 4.78 is 0. The largest absolute Gasteiger partial charge is 0.310 e. The number of hydrogen-bond acceptors (Lipinski definition) is 2. The van der Waals surface area contributed by atoms with E-state index in [0.29, 0.717) is 11.6 Å². The molecule has 3 unspecified atom stereocenters. The van der Waals surface area contributed by atoms with Crippen molar-refractivity contribution in [1.29, 1.82) is 0 Å². The van der Waals surface area contributed by atoms with Crippen LogP contribution in [0.3, 0.4) is 0 Å². The summed E-state index contributed by atoms with van der Waals surface area (Å²) in [6.45, 7) is 32.7. The van der Waals surface area contributed by atoms with Crippen LogP contribution < -0.4 is 21.0 Å². The van der Waals surface area contributed by atoms with Gasteiger partial charge in [-0.2, -0.15) is 0 Å². The first-order valence-corrected chi connectivity index (χ1v) is 24.7. The highest BCUT2D eigenvalue weighted by Crippen LogP contribution is 2.60. The topological polar surface area (TPSA) is 24.1 Å². The Morgan fingerprint density at radius 3 is 1.50 bits per heavy atom. The molecular weight excluding hydrogens is 530 g/mol. The fourth-order valence-corrected chi connectivity index (χ4v) is 15.9. The number of benzene rings is 1. The summed E-state index contributed by atoms with van der Waals surface area (Å²) in [6.07, 6.45) is 9.44. The van der Waals surface area contributed by atoms with Crippen molar-refractivity contribution >= 4 is 43.7 Å². The Hall–Kier alpha value is 0.434. The number of nitrogens with one attached hydrogen (secondary N) is 2. The van der Waals surface area contributed by atoms with E-state index in [2.05, 4.69) is 113 Å². The predicted octanol–water partition coefficient (Wildman–Crippen LogP) is 8.12. The molecule has 2 saturated heterocycles. The first kappa shape index (κ1) is 32.9.